The number of nitrogens with zero attached hydrogens (tertiary/aromatic N) is 5. The second kappa shape index (κ2) is 11.7. The van der Waals surface area contributed by atoms with Crippen molar-refractivity contribution in [3.63, 3.8) is 0 Å². The van der Waals surface area contributed by atoms with Gasteiger partial charge in [0.05, 0.1) is 25.8 Å². The molecular formula is C26H26N6O4. The second-order valence-electron chi connectivity index (χ2n) is 8.03. The van der Waals surface area contributed by atoms with E-state index in [-0.39, 0.29) is 5.95 Å². The molecule has 36 heavy (non-hydrogen) atoms. The fourth-order valence-corrected chi connectivity index (χ4v) is 3.83. The van der Waals surface area contributed by atoms with Gasteiger partial charge < -0.3 is 24.9 Å². The number of anilines is 2. The quantitative estimate of drug-likeness (QED) is 0.127. The number of fused-ring (bicyclic) bond motifs is 1. The van der Waals surface area contributed by atoms with E-state index >= 15 is 0 Å². The minimum Gasteiger partial charge on any atom is -0.493 e. The first-order valence-corrected chi connectivity index (χ1v) is 11.5. The van der Waals surface area contributed by atoms with Crippen LogP contribution in [0, 0.1) is 22.5 Å². The molecule has 0 bridgehead atoms. The highest BCUT2D eigenvalue weighted by molar-refractivity contribution is 5.93. The van der Waals surface area contributed by atoms with Crippen molar-refractivity contribution in [3.8, 4) is 23.8 Å². The van der Waals surface area contributed by atoms with Crippen molar-refractivity contribution in [1.82, 2.24) is 19.5 Å². The van der Waals surface area contributed by atoms with Crippen molar-refractivity contribution in [2.45, 2.75) is 32.2 Å². The first-order chi connectivity index (χ1) is 17.6. The number of nitrogens with one attached hydrogen (secondary N) is 1. The Morgan fingerprint density at radius 3 is 2.78 bits per heavy atom. The van der Waals surface area contributed by atoms with E-state index < -0.39 is 4.92 Å². The molecule has 0 aliphatic carbocycles. The average molecular weight is 487 g/mol. The molecule has 2 aromatic heterocycles. The molecular weight excluding hydrogens is 460 g/mol. The van der Waals surface area contributed by atoms with Crippen LogP contribution >= 0.6 is 0 Å². The van der Waals surface area contributed by atoms with Crippen molar-refractivity contribution >= 4 is 28.4 Å². The maximum absolute atomic E-state index is 10.9. The van der Waals surface area contributed by atoms with Gasteiger partial charge in [-0.05, 0) is 48.5 Å². The highest BCUT2D eigenvalue weighted by Gasteiger charge is 2.14. The van der Waals surface area contributed by atoms with Crippen molar-refractivity contribution in [1.29, 1.82) is 0 Å². The number of hydrogen-bond acceptors (Lipinski definition) is 8. The molecule has 0 fully saturated rings. The van der Waals surface area contributed by atoms with Crippen LogP contribution in [0.25, 0.3) is 10.9 Å². The van der Waals surface area contributed by atoms with Crippen LogP contribution in [0.2, 0.25) is 0 Å². The lowest BCUT2D eigenvalue weighted by Crippen LogP contribution is -2.04. The molecule has 10 nitrogen and oxygen atoms in total. The van der Waals surface area contributed by atoms with E-state index in [0.717, 1.165) is 47.8 Å². The summed E-state index contributed by atoms with van der Waals surface area (Å²) in [5.74, 6) is 4.34. The summed E-state index contributed by atoms with van der Waals surface area (Å²) in [6.45, 7) is 1.07. The van der Waals surface area contributed by atoms with E-state index in [1.54, 1.807) is 17.9 Å². The molecule has 0 aliphatic heterocycles. The summed E-state index contributed by atoms with van der Waals surface area (Å²) in [7, 11) is 1.59. The van der Waals surface area contributed by atoms with Gasteiger partial charge in [-0.1, -0.05) is 23.4 Å². The predicted molar refractivity (Wildman–Crippen MR) is 137 cm³/mol. The number of aromatic nitrogens is 4. The molecule has 0 atom stereocenters. The predicted octanol–water partition coefficient (Wildman–Crippen LogP) is 5.11. The largest absolute Gasteiger partial charge is 0.493 e. The summed E-state index contributed by atoms with van der Waals surface area (Å²) >= 11 is 0. The molecule has 0 saturated carbocycles. The Morgan fingerprint density at radius 1 is 1.11 bits per heavy atom. The van der Waals surface area contributed by atoms with Gasteiger partial charge in [0.15, 0.2) is 11.5 Å². The minimum atomic E-state index is -0.467. The SMILES string of the molecule is C#Cc1cccc(Nc2ncnc3cc(OC)c(OCCCCCCn4ccnc4[N+](=O)[O-])cc23)c1. The number of rotatable bonds is 12. The van der Waals surface area contributed by atoms with Gasteiger partial charge in [-0.15, -0.1) is 6.42 Å². The normalized spacial score (nSPS) is 10.7. The van der Waals surface area contributed by atoms with Crippen LogP contribution in [-0.4, -0.2) is 38.2 Å². The van der Waals surface area contributed by atoms with Gasteiger partial charge in [-0.3, -0.25) is 0 Å². The molecule has 184 valence electrons. The molecule has 2 aromatic carbocycles. The number of nitro groups is 1. The Kier molecular flexibility index (Phi) is 7.93. The van der Waals surface area contributed by atoms with Crippen molar-refractivity contribution in [2.24, 2.45) is 0 Å². The number of ether oxygens (including phenoxy) is 2. The van der Waals surface area contributed by atoms with Gasteiger partial charge in [0, 0.05) is 22.7 Å². The van der Waals surface area contributed by atoms with Gasteiger partial charge in [0.25, 0.3) is 0 Å². The Balaban J connectivity index is 1.36. The second-order valence-corrected chi connectivity index (χ2v) is 8.03. The third-order valence-corrected chi connectivity index (χ3v) is 5.62. The molecule has 10 heteroatoms. The zero-order valence-corrected chi connectivity index (χ0v) is 19.9. The van der Waals surface area contributed by atoms with Gasteiger partial charge in [0.2, 0.25) is 0 Å². The van der Waals surface area contributed by atoms with Crippen LogP contribution in [0.3, 0.4) is 0 Å². The van der Waals surface area contributed by atoms with Crippen LogP contribution in [0.1, 0.15) is 31.2 Å². The van der Waals surface area contributed by atoms with Crippen LogP contribution in [0.4, 0.5) is 17.5 Å². The zero-order chi connectivity index (χ0) is 25.3. The third-order valence-electron chi connectivity index (χ3n) is 5.62. The lowest BCUT2D eigenvalue weighted by atomic mass is 10.1. The maximum atomic E-state index is 10.9. The fourth-order valence-electron chi connectivity index (χ4n) is 3.83. The first-order valence-electron chi connectivity index (χ1n) is 11.5. The van der Waals surface area contributed by atoms with E-state index in [1.165, 1.54) is 12.5 Å². The topological polar surface area (TPSA) is 117 Å². The maximum Gasteiger partial charge on any atom is 0.434 e. The van der Waals surface area contributed by atoms with E-state index in [0.29, 0.717) is 30.5 Å². The molecule has 0 radical (unpaired) electrons. The minimum absolute atomic E-state index is 0.122. The highest BCUT2D eigenvalue weighted by Crippen LogP contribution is 2.35. The summed E-state index contributed by atoms with van der Waals surface area (Å²) in [4.78, 5) is 23.0. The number of terminal acetylenes is 1. The van der Waals surface area contributed by atoms with Crippen molar-refractivity contribution in [2.75, 3.05) is 19.0 Å². The Morgan fingerprint density at radius 2 is 1.97 bits per heavy atom. The zero-order valence-electron chi connectivity index (χ0n) is 19.9. The van der Waals surface area contributed by atoms with Crippen LogP contribution in [0.5, 0.6) is 11.5 Å². The molecule has 4 aromatic rings. The molecule has 0 saturated heterocycles. The summed E-state index contributed by atoms with van der Waals surface area (Å²) < 4.78 is 13.1. The molecule has 0 unspecified atom stereocenters. The lowest BCUT2D eigenvalue weighted by Gasteiger charge is -2.14. The summed E-state index contributed by atoms with van der Waals surface area (Å²) in [5, 5.41) is 15.0. The molecule has 0 amide bonds. The van der Waals surface area contributed by atoms with Gasteiger partial charge in [-0.2, -0.15) is 0 Å². The Labute approximate surface area is 208 Å². The summed E-state index contributed by atoms with van der Waals surface area (Å²) in [6.07, 6.45) is 13.6. The van der Waals surface area contributed by atoms with E-state index in [4.69, 9.17) is 15.9 Å². The standard InChI is InChI=1S/C26H26N6O4/c1-3-19-9-8-10-20(15-19)30-25-21-16-24(23(35-2)17-22(21)28-18-29-25)36-14-7-5-4-6-12-31-13-11-27-26(31)32(33)34/h1,8-11,13,15-18H,4-7,12,14H2,2H3,(H,28,29,30). The van der Waals surface area contributed by atoms with E-state index in [9.17, 15) is 10.1 Å². The molecule has 0 aliphatic rings. The molecule has 2 heterocycles. The highest BCUT2D eigenvalue weighted by atomic mass is 16.6. The smallest absolute Gasteiger partial charge is 0.434 e. The number of methoxy groups -OCH3 is 1. The van der Waals surface area contributed by atoms with Crippen LogP contribution < -0.4 is 14.8 Å². The van der Waals surface area contributed by atoms with Gasteiger partial charge in [0.1, 0.15) is 24.5 Å². The monoisotopic (exact) mass is 486 g/mol. The molecule has 1 N–H and O–H groups in total. The Hall–Kier alpha value is -4.65. The molecule has 4 rings (SSSR count). The van der Waals surface area contributed by atoms with Crippen LogP contribution in [-0.2, 0) is 6.54 Å². The fraction of sp³-hybridized carbons (Fsp3) is 0.269. The number of hydrogen-bond donors (Lipinski definition) is 1. The number of unbranched alkanes of at least 4 members (excludes halogenated alkanes) is 3. The van der Waals surface area contributed by atoms with Crippen molar-refractivity contribution < 1.29 is 14.4 Å². The number of imidazole rings is 1. The van der Waals surface area contributed by atoms with Crippen LogP contribution in [0.15, 0.2) is 55.1 Å². The van der Waals surface area contributed by atoms with Gasteiger partial charge >= 0.3 is 5.95 Å². The average Bonchev–Trinajstić information content (AvgIpc) is 3.37. The lowest BCUT2D eigenvalue weighted by molar-refractivity contribution is -0.396. The first kappa shape index (κ1) is 24.5. The summed E-state index contributed by atoms with van der Waals surface area (Å²) in [5.41, 5.74) is 2.32. The van der Waals surface area contributed by atoms with Gasteiger partial charge in [-0.25, -0.2) is 14.5 Å². The third kappa shape index (κ3) is 5.88. The summed E-state index contributed by atoms with van der Waals surface area (Å²) in [6, 6.07) is 11.2. The van der Waals surface area contributed by atoms with Crippen molar-refractivity contribution in [3.05, 3.63) is 70.8 Å². The molecule has 0 spiro atoms. The van der Waals surface area contributed by atoms with E-state index in [2.05, 4.69) is 26.2 Å². The Bertz CT molecular complexity index is 1390. The number of benzene rings is 2. The number of aryl methyl sites for hydroxylation is 1. The van der Waals surface area contributed by atoms with E-state index in [1.807, 2.05) is 36.4 Å².